The van der Waals surface area contributed by atoms with Crippen LogP contribution in [-0.4, -0.2) is 54.5 Å². The van der Waals surface area contributed by atoms with Crippen molar-refractivity contribution in [3.63, 3.8) is 0 Å². The summed E-state index contributed by atoms with van der Waals surface area (Å²) in [6.07, 6.45) is 6.33. The Morgan fingerprint density at radius 2 is 2.14 bits per heavy atom. The molecule has 0 N–H and O–H groups in total. The Morgan fingerprint density at radius 3 is 2.86 bits per heavy atom. The third-order valence-corrected chi connectivity index (χ3v) is 5.89. The number of hydrogen-bond acceptors (Lipinski definition) is 5. The minimum absolute atomic E-state index is 0.0690. The Labute approximate surface area is 170 Å². The minimum Gasteiger partial charge on any atom is -0.338 e. The second kappa shape index (κ2) is 7.93. The van der Waals surface area contributed by atoms with E-state index in [-0.39, 0.29) is 23.8 Å². The average Bonchev–Trinajstić information content (AvgIpc) is 3.35. The van der Waals surface area contributed by atoms with Gasteiger partial charge in [-0.2, -0.15) is 5.10 Å². The molecule has 2 aliphatic heterocycles. The van der Waals surface area contributed by atoms with Crippen LogP contribution in [0.1, 0.15) is 55.5 Å². The molecule has 0 spiro atoms. The first-order valence-corrected chi connectivity index (χ1v) is 10.3. The zero-order valence-electron chi connectivity index (χ0n) is 17.3. The lowest BCUT2D eigenvalue weighted by Crippen LogP contribution is -2.38. The lowest BCUT2D eigenvalue weighted by Gasteiger charge is -2.29. The van der Waals surface area contributed by atoms with Crippen LogP contribution in [0.3, 0.4) is 0 Å². The molecular formula is C21H28N6O2. The van der Waals surface area contributed by atoms with Crippen LogP contribution >= 0.6 is 0 Å². The van der Waals surface area contributed by atoms with Gasteiger partial charge in [-0.25, -0.2) is 9.97 Å². The second-order valence-corrected chi connectivity index (χ2v) is 8.16. The highest BCUT2D eigenvalue weighted by molar-refractivity contribution is 5.79. The van der Waals surface area contributed by atoms with Gasteiger partial charge < -0.3 is 9.80 Å². The molecule has 1 saturated heterocycles. The zero-order valence-corrected chi connectivity index (χ0v) is 17.3. The van der Waals surface area contributed by atoms with Crippen LogP contribution in [0.4, 0.5) is 0 Å². The molecule has 8 heteroatoms. The summed E-state index contributed by atoms with van der Waals surface area (Å²) in [7, 11) is 0. The number of likely N-dealkylation sites (tertiary alicyclic amines) is 1. The first-order chi connectivity index (χ1) is 13.9. The largest absolute Gasteiger partial charge is 0.338 e. The van der Waals surface area contributed by atoms with Gasteiger partial charge in [-0.1, -0.05) is 6.92 Å². The number of amides is 2. The number of nitrogens with zero attached hydrogens (tertiary/aromatic N) is 6. The fourth-order valence-corrected chi connectivity index (χ4v) is 4.27. The van der Waals surface area contributed by atoms with Gasteiger partial charge in [-0.3, -0.25) is 14.3 Å². The van der Waals surface area contributed by atoms with Crippen molar-refractivity contribution >= 4 is 11.8 Å². The Balaban J connectivity index is 1.48. The van der Waals surface area contributed by atoms with Gasteiger partial charge >= 0.3 is 0 Å². The Kier molecular flexibility index (Phi) is 5.34. The summed E-state index contributed by atoms with van der Waals surface area (Å²) in [5.41, 5.74) is 2.97. The van der Waals surface area contributed by atoms with Gasteiger partial charge in [0.2, 0.25) is 11.8 Å². The van der Waals surface area contributed by atoms with Crippen molar-refractivity contribution in [2.45, 2.75) is 59.2 Å². The van der Waals surface area contributed by atoms with Gasteiger partial charge in [0.1, 0.15) is 0 Å². The molecule has 8 nitrogen and oxygen atoms in total. The molecule has 154 valence electrons. The van der Waals surface area contributed by atoms with Gasteiger partial charge in [0, 0.05) is 50.9 Å². The molecule has 0 aliphatic carbocycles. The molecule has 0 saturated carbocycles. The van der Waals surface area contributed by atoms with E-state index < -0.39 is 0 Å². The van der Waals surface area contributed by atoms with E-state index in [9.17, 15) is 9.59 Å². The monoisotopic (exact) mass is 396 g/mol. The summed E-state index contributed by atoms with van der Waals surface area (Å²) in [6.45, 7) is 8.06. The van der Waals surface area contributed by atoms with E-state index in [1.165, 1.54) is 0 Å². The van der Waals surface area contributed by atoms with Crippen molar-refractivity contribution in [1.82, 2.24) is 29.5 Å². The molecule has 2 aromatic heterocycles. The molecular weight excluding hydrogens is 368 g/mol. The quantitative estimate of drug-likeness (QED) is 0.788. The van der Waals surface area contributed by atoms with Crippen LogP contribution in [-0.2, 0) is 29.1 Å². The van der Waals surface area contributed by atoms with Crippen molar-refractivity contribution in [2.75, 3.05) is 13.1 Å². The minimum atomic E-state index is -0.156. The normalized spacial score (nSPS) is 19.9. The summed E-state index contributed by atoms with van der Waals surface area (Å²) in [5.74, 6) is 0.781. The van der Waals surface area contributed by atoms with Crippen LogP contribution in [0, 0.1) is 12.8 Å². The molecule has 1 fully saturated rings. The fourth-order valence-electron chi connectivity index (χ4n) is 4.27. The highest BCUT2D eigenvalue weighted by Crippen LogP contribution is 2.32. The number of fused-ring (bicyclic) bond motifs is 1. The molecule has 0 aromatic carbocycles. The number of carbonyl (C=O) groups is 2. The summed E-state index contributed by atoms with van der Waals surface area (Å²) in [4.78, 5) is 37.9. The maximum Gasteiger partial charge on any atom is 0.227 e. The van der Waals surface area contributed by atoms with E-state index in [2.05, 4.69) is 10.1 Å². The van der Waals surface area contributed by atoms with Crippen molar-refractivity contribution in [3.05, 3.63) is 41.2 Å². The lowest BCUT2D eigenvalue weighted by atomic mass is 10.1. The molecule has 29 heavy (non-hydrogen) atoms. The lowest BCUT2D eigenvalue weighted by molar-refractivity contribution is -0.136. The maximum atomic E-state index is 13.1. The van der Waals surface area contributed by atoms with E-state index in [1.54, 1.807) is 6.92 Å². The smallest absolute Gasteiger partial charge is 0.227 e. The first kappa shape index (κ1) is 19.5. The highest BCUT2D eigenvalue weighted by atomic mass is 16.2. The molecule has 2 aromatic rings. The number of aryl methyl sites for hydroxylation is 1. The van der Waals surface area contributed by atoms with Crippen LogP contribution in [0.25, 0.3) is 0 Å². The van der Waals surface area contributed by atoms with Crippen LogP contribution in [0.5, 0.6) is 0 Å². The van der Waals surface area contributed by atoms with E-state index in [0.717, 1.165) is 48.6 Å². The van der Waals surface area contributed by atoms with Gasteiger partial charge in [-0.05, 0) is 25.8 Å². The van der Waals surface area contributed by atoms with Crippen molar-refractivity contribution in [2.24, 2.45) is 5.92 Å². The maximum absolute atomic E-state index is 13.1. The van der Waals surface area contributed by atoms with Crippen LogP contribution in [0.2, 0.25) is 0 Å². The Bertz CT molecular complexity index is 924. The molecule has 4 rings (SSSR count). The topological polar surface area (TPSA) is 84.2 Å². The molecule has 0 unspecified atom stereocenters. The fraction of sp³-hybridized carbons (Fsp3) is 0.571. The summed E-state index contributed by atoms with van der Waals surface area (Å²) < 4.78 is 1.83. The second-order valence-electron chi connectivity index (χ2n) is 8.16. The summed E-state index contributed by atoms with van der Waals surface area (Å²) in [5, 5.41) is 4.40. The highest BCUT2D eigenvalue weighted by Gasteiger charge is 2.35. The third-order valence-electron chi connectivity index (χ3n) is 5.89. The Hall–Kier alpha value is -2.77. The molecule has 4 heterocycles. The van der Waals surface area contributed by atoms with Gasteiger partial charge in [0.25, 0.3) is 0 Å². The van der Waals surface area contributed by atoms with Crippen molar-refractivity contribution in [1.29, 1.82) is 0 Å². The Morgan fingerprint density at radius 1 is 1.31 bits per heavy atom. The van der Waals surface area contributed by atoms with E-state index >= 15 is 0 Å². The molecule has 0 radical (unpaired) electrons. The average molecular weight is 396 g/mol. The summed E-state index contributed by atoms with van der Waals surface area (Å²) >= 11 is 0. The van der Waals surface area contributed by atoms with Gasteiger partial charge in [0.05, 0.1) is 29.9 Å². The zero-order chi connectivity index (χ0) is 20.5. The SMILES string of the molecule is CC(=O)N1CCc2nc([C@@H]3CCCN3C(=O)[C@H](C)Cn3ccc(C)n3)ncc2C1. The first-order valence-electron chi connectivity index (χ1n) is 10.3. The van der Waals surface area contributed by atoms with Crippen molar-refractivity contribution in [3.8, 4) is 0 Å². The number of carbonyl (C=O) groups excluding carboxylic acids is 2. The molecule has 0 bridgehead atoms. The van der Waals surface area contributed by atoms with Crippen LogP contribution in [0.15, 0.2) is 18.5 Å². The molecule has 2 atom stereocenters. The van der Waals surface area contributed by atoms with E-state index in [0.29, 0.717) is 19.6 Å². The van der Waals surface area contributed by atoms with Gasteiger partial charge in [-0.15, -0.1) is 0 Å². The van der Waals surface area contributed by atoms with E-state index in [1.807, 2.05) is 46.8 Å². The summed E-state index contributed by atoms with van der Waals surface area (Å²) in [6, 6.07) is 1.88. The number of rotatable bonds is 4. The van der Waals surface area contributed by atoms with Crippen LogP contribution < -0.4 is 0 Å². The molecule has 2 amide bonds. The molecule has 2 aliphatic rings. The van der Waals surface area contributed by atoms with E-state index in [4.69, 9.17) is 4.98 Å². The predicted molar refractivity (Wildman–Crippen MR) is 107 cm³/mol. The number of hydrogen-bond donors (Lipinski definition) is 0. The third kappa shape index (κ3) is 4.02. The van der Waals surface area contributed by atoms with Gasteiger partial charge in [0.15, 0.2) is 5.82 Å². The number of aromatic nitrogens is 4. The van der Waals surface area contributed by atoms with Crippen molar-refractivity contribution < 1.29 is 9.59 Å². The standard InChI is InChI=1S/C21H28N6O2/c1-14(12-26-10-6-15(2)24-26)21(29)27-8-4-5-19(27)20-22-11-17-13-25(16(3)28)9-7-18(17)23-20/h6,10-11,14,19H,4-5,7-9,12-13H2,1-3H3/t14-,19+/m1/s1. The predicted octanol–water partition coefficient (Wildman–Crippen LogP) is 1.89.